The van der Waals surface area contributed by atoms with Crippen LogP contribution >= 0.6 is 0 Å². The molecule has 0 spiro atoms. The van der Waals surface area contributed by atoms with Crippen molar-refractivity contribution in [1.82, 2.24) is 10.2 Å². The van der Waals surface area contributed by atoms with E-state index in [2.05, 4.69) is 31.0 Å². The zero-order valence-corrected chi connectivity index (χ0v) is 11.9. The van der Waals surface area contributed by atoms with Gasteiger partial charge in [-0.05, 0) is 19.8 Å². The molecule has 2 atom stereocenters. The van der Waals surface area contributed by atoms with Gasteiger partial charge in [0.15, 0.2) is 0 Å². The van der Waals surface area contributed by atoms with E-state index in [1.165, 1.54) is 32.2 Å². The average Bonchev–Trinajstić information content (AvgIpc) is 2.33. The first-order valence-electron chi connectivity index (χ1n) is 7.36. The lowest BCUT2D eigenvalue weighted by atomic mass is 10.0. The van der Waals surface area contributed by atoms with Gasteiger partial charge in [0.1, 0.15) is 0 Å². The third-order valence-electron chi connectivity index (χ3n) is 3.60. The molecule has 102 valence electrons. The Morgan fingerprint density at radius 1 is 1.18 bits per heavy atom. The van der Waals surface area contributed by atoms with Crippen LogP contribution in [0.5, 0.6) is 0 Å². The number of nitrogens with one attached hydrogen (secondary N) is 1. The Morgan fingerprint density at radius 2 is 1.94 bits per heavy atom. The van der Waals surface area contributed by atoms with Gasteiger partial charge in [-0.3, -0.25) is 4.90 Å². The number of nitrogens with zero attached hydrogens (tertiary/aromatic N) is 1. The van der Waals surface area contributed by atoms with E-state index in [4.69, 9.17) is 4.74 Å². The molecule has 1 heterocycles. The zero-order chi connectivity index (χ0) is 12.5. The molecule has 3 heteroatoms. The van der Waals surface area contributed by atoms with Gasteiger partial charge in [0, 0.05) is 38.3 Å². The predicted molar refractivity (Wildman–Crippen MR) is 73.5 cm³/mol. The summed E-state index contributed by atoms with van der Waals surface area (Å²) in [5.41, 5.74) is 0. The van der Waals surface area contributed by atoms with Crippen molar-refractivity contribution in [3.05, 3.63) is 0 Å². The fourth-order valence-electron chi connectivity index (χ4n) is 2.69. The third-order valence-corrected chi connectivity index (χ3v) is 3.60. The van der Waals surface area contributed by atoms with Crippen LogP contribution in [0.3, 0.4) is 0 Å². The molecular formula is C14H30N2O. The molecule has 0 saturated carbocycles. The lowest BCUT2D eigenvalue weighted by Crippen LogP contribution is -2.57. The molecule has 0 aliphatic carbocycles. The van der Waals surface area contributed by atoms with Crippen LogP contribution in [0.4, 0.5) is 0 Å². The Kier molecular flexibility index (Phi) is 7.82. The van der Waals surface area contributed by atoms with Crippen LogP contribution in [0.25, 0.3) is 0 Å². The molecule has 0 amide bonds. The van der Waals surface area contributed by atoms with Crippen molar-refractivity contribution < 1.29 is 4.74 Å². The Morgan fingerprint density at radius 3 is 2.59 bits per heavy atom. The second-order valence-corrected chi connectivity index (χ2v) is 5.03. The molecule has 1 rings (SSSR count). The van der Waals surface area contributed by atoms with Crippen LogP contribution in [0.2, 0.25) is 0 Å². The van der Waals surface area contributed by atoms with Crippen LogP contribution in [0.1, 0.15) is 46.5 Å². The molecule has 0 radical (unpaired) electrons. The van der Waals surface area contributed by atoms with Gasteiger partial charge in [-0.1, -0.05) is 26.7 Å². The van der Waals surface area contributed by atoms with E-state index < -0.39 is 0 Å². The zero-order valence-electron chi connectivity index (χ0n) is 11.9. The van der Waals surface area contributed by atoms with E-state index in [9.17, 15) is 0 Å². The molecule has 1 N–H and O–H groups in total. The van der Waals surface area contributed by atoms with Crippen LogP contribution in [-0.4, -0.2) is 49.8 Å². The molecule has 0 aromatic carbocycles. The lowest BCUT2D eigenvalue weighted by Gasteiger charge is -2.40. The van der Waals surface area contributed by atoms with E-state index >= 15 is 0 Å². The Labute approximate surface area is 107 Å². The van der Waals surface area contributed by atoms with Crippen molar-refractivity contribution in [1.29, 1.82) is 0 Å². The van der Waals surface area contributed by atoms with Gasteiger partial charge in [0.25, 0.3) is 0 Å². The molecule has 1 aliphatic heterocycles. The van der Waals surface area contributed by atoms with Gasteiger partial charge < -0.3 is 10.1 Å². The standard InChI is InChI=1S/C14H30N2O/c1-4-7-13-12-16(9-10-17-6-3)14(8-5-2)11-15-13/h13-15H,4-12H2,1-3H3. The molecule has 1 aliphatic rings. The van der Waals surface area contributed by atoms with E-state index in [-0.39, 0.29) is 0 Å². The van der Waals surface area contributed by atoms with Crippen LogP contribution < -0.4 is 5.32 Å². The highest BCUT2D eigenvalue weighted by Gasteiger charge is 2.26. The second kappa shape index (κ2) is 8.90. The summed E-state index contributed by atoms with van der Waals surface area (Å²) in [6, 6.07) is 1.41. The SMILES string of the molecule is CCCC1CN(CCOCC)C(CCC)CN1. The molecule has 3 nitrogen and oxygen atoms in total. The normalized spacial score (nSPS) is 26.3. The minimum atomic E-state index is 0.690. The molecular weight excluding hydrogens is 212 g/mol. The summed E-state index contributed by atoms with van der Waals surface area (Å²) in [4.78, 5) is 2.63. The summed E-state index contributed by atoms with van der Waals surface area (Å²) in [6.45, 7) is 11.8. The van der Waals surface area contributed by atoms with E-state index in [1.807, 2.05) is 0 Å². The Bertz CT molecular complexity index is 187. The minimum Gasteiger partial charge on any atom is -0.380 e. The second-order valence-electron chi connectivity index (χ2n) is 5.03. The van der Waals surface area contributed by atoms with E-state index in [0.717, 1.165) is 26.3 Å². The fraction of sp³-hybridized carbons (Fsp3) is 1.00. The fourth-order valence-corrected chi connectivity index (χ4v) is 2.69. The smallest absolute Gasteiger partial charge is 0.0593 e. The number of hydrogen-bond acceptors (Lipinski definition) is 3. The molecule has 0 aromatic rings. The molecule has 0 bridgehead atoms. The summed E-state index contributed by atoms with van der Waals surface area (Å²) in [5.74, 6) is 0. The highest BCUT2D eigenvalue weighted by molar-refractivity contribution is 4.85. The van der Waals surface area contributed by atoms with Crippen molar-refractivity contribution >= 4 is 0 Å². The van der Waals surface area contributed by atoms with Crippen LogP contribution in [-0.2, 0) is 4.74 Å². The summed E-state index contributed by atoms with van der Waals surface area (Å²) in [7, 11) is 0. The van der Waals surface area contributed by atoms with Crippen LogP contribution in [0, 0.1) is 0 Å². The number of piperazine rings is 1. The maximum absolute atomic E-state index is 5.50. The maximum Gasteiger partial charge on any atom is 0.0593 e. The molecule has 17 heavy (non-hydrogen) atoms. The van der Waals surface area contributed by atoms with Gasteiger partial charge >= 0.3 is 0 Å². The number of rotatable bonds is 8. The van der Waals surface area contributed by atoms with Gasteiger partial charge in [0.2, 0.25) is 0 Å². The van der Waals surface area contributed by atoms with Gasteiger partial charge in [-0.15, -0.1) is 0 Å². The first kappa shape index (κ1) is 14.9. The minimum absolute atomic E-state index is 0.690. The average molecular weight is 242 g/mol. The summed E-state index contributed by atoms with van der Waals surface area (Å²) >= 11 is 0. The summed E-state index contributed by atoms with van der Waals surface area (Å²) in [6.07, 6.45) is 5.15. The monoisotopic (exact) mass is 242 g/mol. The highest BCUT2D eigenvalue weighted by Crippen LogP contribution is 2.14. The number of hydrogen-bond donors (Lipinski definition) is 1. The van der Waals surface area contributed by atoms with Gasteiger partial charge in [0.05, 0.1) is 6.61 Å². The van der Waals surface area contributed by atoms with Gasteiger partial charge in [-0.25, -0.2) is 0 Å². The summed E-state index contributed by atoms with van der Waals surface area (Å²) < 4.78 is 5.50. The molecule has 1 fully saturated rings. The molecule has 0 aromatic heterocycles. The molecule has 1 saturated heterocycles. The quantitative estimate of drug-likeness (QED) is 0.661. The van der Waals surface area contributed by atoms with Gasteiger partial charge in [-0.2, -0.15) is 0 Å². The van der Waals surface area contributed by atoms with E-state index in [1.54, 1.807) is 0 Å². The Hall–Kier alpha value is -0.120. The topological polar surface area (TPSA) is 24.5 Å². The van der Waals surface area contributed by atoms with Crippen molar-refractivity contribution in [2.24, 2.45) is 0 Å². The summed E-state index contributed by atoms with van der Waals surface area (Å²) in [5, 5.41) is 3.69. The van der Waals surface area contributed by atoms with Crippen molar-refractivity contribution in [3.63, 3.8) is 0 Å². The Balaban J connectivity index is 2.38. The first-order chi connectivity index (χ1) is 8.31. The largest absolute Gasteiger partial charge is 0.380 e. The van der Waals surface area contributed by atoms with Crippen LogP contribution in [0.15, 0.2) is 0 Å². The van der Waals surface area contributed by atoms with Crippen molar-refractivity contribution in [2.45, 2.75) is 58.5 Å². The molecule has 2 unspecified atom stereocenters. The maximum atomic E-state index is 5.50. The van der Waals surface area contributed by atoms with E-state index in [0.29, 0.717) is 12.1 Å². The third kappa shape index (κ3) is 5.36. The highest BCUT2D eigenvalue weighted by atomic mass is 16.5. The number of ether oxygens (including phenoxy) is 1. The lowest BCUT2D eigenvalue weighted by molar-refractivity contribution is 0.0657. The van der Waals surface area contributed by atoms with Crippen molar-refractivity contribution in [3.8, 4) is 0 Å². The van der Waals surface area contributed by atoms with Crippen molar-refractivity contribution in [2.75, 3.05) is 32.8 Å². The predicted octanol–water partition coefficient (Wildman–Crippen LogP) is 2.27. The first-order valence-corrected chi connectivity index (χ1v) is 7.36.